The van der Waals surface area contributed by atoms with E-state index in [-0.39, 0.29) is 6.04 Å². The molecule has 0 saturated heterocycles. The van der Waals surface area contributed by atoms with Crippen molar-refractivity contribution in [2.45, 2.75) is 25.9 Å². The maximum Gasteiger partial charge on any atom is 0.119 e. The van der Waals surface area contributed by atoms with Crippen molar-refractivity contribution in [3.63, 3.8) is 0 Å². The summed E-state index contributed by atoms with van der Waals surface area (Å²) in [4.78, 5) is 0. The van der Waals surface area contributed by atoms with E-state index in [4.69, 9.17) is 4.74 Å². The molecule has 3 heteroatoms. The van der Waals surface area contributed by atoms with Gasteiger partial charge in [-0.15, -0.1) is 0 Å². The van der Waals surface area contributed by atoms with Crippen LogP contribution in [0.1, 0.15) is 30.6 Å². The smallest absolute Gasteiger partial charge is 0.119 e. The Kier molecular flexibility index (Phi) is 3.56. The lowest BCUT2D eigenvalue weighted by Gasteiger charge is -2.18. The van der Waals surface area contributed by atoms with Crippen LogP contribution in [0.25, 0.3) is 0 Å². The highest BCUT2D eigenvalue weighted by molar-refractivity contribution is 5.34. The van der Waals surface area contributed by atoms with Crippen molar-refractivity contribution in [1.82, 2.24) is 9.88 Å². The van der Waals surface area contributed by atoms with Gasteiger partial charge in [-0.2, -0.15) is 0 Å². The third-order valence-corrected chi connectivity index (χ3v) is 3.61. The highest BCUT2D eigenvalue weighted by atomic mass is 16.5. The third kappa shape index (κ3) is 2.51. The number of nitrogens with zero attached hydrogens (tertiary/aromatic N) is 1. The molecule has 0 bridgehead atoms. The second-order valence-electron chi connectivity index (χ2n) is 4.87. The van der Waals surface area contributed by atoms with Gasteiger partial charge in [0.15, 0.2) is 0 Å². The van der Waals surface area contributed by atoms with Crippen LogP contribution in [0.15, 0.2) is 42.6 Å². The first kappa shape index (κ1) is 12.3. The molecule has 19 heavy (non-hydrogen) atoms. The average molecular weight is 256 g/mol. The molecular formula is C16H20N2O. The van der Waals surface area contributed by atoms with Gasteiger partial charge in [0.2, 0.25) is 0 Å². The van der Waals surface area contributed by atoms with Crippen molar-refractivity contribution in [1.29, 1.82) is 0 Å². The first-order valence-electron chi connectivity index (χ1n) is 6.99. The number of aromatic nitrogens is 1. The molecule has 1 aromatic heterocycles. The van der Waals surface area contributed by atoms with Crippen LogP contribution in [0.2, 0.25) is 0 Å². The molecule has 100 valence electrons. The standard InChI is InChI=1S/C16H20N2O/c1-2-19-14-8-6-13(7-9-14)16-15-5-3-11-18(15)12-4-10-17-16/h3,5-9,11,16-17H,2,4,10,12H2,1H3. The average Bonchev–Trinajstić information content (AvgIpc) is 2.80. The number of rotatable bonds is 3. The summed E-state index contributed by atoms with van der Waals surface area (Å²) in [6.45, 7) is 4.87. The first-order chi connectivity index (χ1) is 9.38. The van der Waals surface area contributed by atoms with E-state index in [1.165, 1.54) is 17.7 Å². The summed E-state index contributed by atoms with van der Waals surface area (Å²) in [5.74, 6) is 0.940. The molecule has 2 aromatic rings. The molecule has 1 unspecified atom stereocenters. The Balaban J connectivity index is 1.89. The van der Waals surface area contributed by atoms with Crippen LogP contribution < -0.4 is 10.1 Å². The van der Waals surface area contributed by atoms with Crippen molar-refractivity contribution in [2.75, 3.05) is 13.2 Å². The number of benzene rings is 1. The Labute approximate surface area is 114 Å². The second kappa shape index (κ2) is 5.49. The molecule has 0 aliphatic carbocycles. The number of nitrogens with one attached hydrogen (secondary N) is 1. The van der Waals surface area contributed by atoms with E-state index in [0.717, 1.165) is 18.8 Å². The summed E-state index contributed by atoms with van der Waals surface area (Å²) in [5.41, 5.74) is 2.65. The molecule has 1 atom stereocenters. The lowest BCUT2D eigenvalue weighted by atomic mass is 10.0. The van der Waals surface area contributed by atoms with Gasteiger partial charge < -0.3 is 14.6 Å². The number of hydrogen-bond acceptors (Lipinski definition) is 2. The van der Waals surface area contributed by atoms with E-state index in [1.54, 1.807) is 0 Å². The molecular weight excluding hydrogens is 236 g/mol. The quantitative estimate of drug-likeness (QED) is 0.913. The van der Waals surface area contributed by atoms with E-state index < -0.39 is 0 Å². The maximum absolute atomic E-state index is 5.50. The summed E-state index contributed by atoms with van der Waals surface area (Å²) in [6.07, 6.45) is 3.35. The van der Waals surface area contributed by atoms with Crippen LogP contribution in [0, 0.1) is 0 Å². The van der Waals surface area contributed by atoms with Gasteiger partial charge >= 0.3 is 0 Å². The van der Waals surface area contributed by atoms with Crippen molar-refractivity contribution in [3.8, 4) is 5.75 Å². The van der Waals surface area contributed by atoms with Crippen molar-refractivity contribution in [3.05, 3.63) is 53.9 Å². The van der Waals surface area contributed by atoms with Crippen molar-refractivity contribution < 1.29 is 4.74 Å². The van der Waals surface area contributed by atoms with Gasteiger partial charge in [-0.3, -0.25) is 0 Å². The number of ether oxygens (including phenoxy) is 1. The Morgan fingerprint density at radius 1 is 1.26 bits per heavy atom. The molecule has 2 heterocycles. The minimum absolute atomic E-state index is 0.285. The SMILES string of the molecule is CCOc1ccc(C2NCCCn3cccc32)cc1. The van der Waals surface area contributed by atoms with Gasteiger partial charge in [-0.05, 0) is 49.7 Å². The molecule has 0 radical (unpaired) electrons. The topological polar surface area (TPSA) is 26.2 Å². The van der Waals surface area contributed by atoms with Crippen molar-refractivity contribution >= 4 is 0 Å². The molecule has 0 amide bonds. The van der Waals surface area contributed by atoms with Crippen molar-refractivity contribution in [2.24, 2.45) is 0 Å². The largest absolute Gasteiger partial charge is 0.494 e. The van der Waals surface area contributed by atoms with Gasteiger partial charge in [0.05, 0.1) is 12.6 Å². The van der Waals surface area contributed by atoms with Crippen LogP contribution in [0.5, 0.6) is 5.75 Å². The number of fused-ring (bicyclic) bond motifs is 1. The zero-order valence-electron chi connectivity index (χ0n) is 11.3. The fourth-order valence-electron chi connectivity index (χ4n) is 2.71. The lowest BCUT2D eigenvalue weighted by molar-refractivity contribution is 0.340. The van der Waals surface area contributed by atoms with Crippen LogP contribution in [0.3, 0.4) is 0 Å². The lowest BCUT2D eigenvalue weighted by Crippen LogP contribution is -2.22. The molecule has 0 fully saturated rings. The number of aryl methyl sites for hydroxylation is 1. The van der Waals surface area contributed by atoms with E-state index in [0.29, 0.717) is 6.61 Å². The van der Waals surface area contributed by atoms with Gasteiger partial charge in [-0.25, -0.2) is 0 Å². The second-order valence-corrected chi connectivity index (χ2v) is 4.87. The molecule has 1 aromatic carbocycles. The Hall–Kier alpha value is -1.74. The van der Waals surface area contributed by atoms with E-state index >= 15 is 0 Å². The van der Waals surface area contributed by atoms with E-state index in [1.807, 2.05) is 6.92 Å². The summed E-state index contributed by atoms with van der Waals surface area (Å²) in [7, 11) is 0. The summed E-state index contributed by atoms with van der Waals surface area (Å²) >= 11 is 0. The third-order valence-electron chi connectivity index (χ3n) is 3.61. The normalized spacial score (nSPS) is 18.7. The highest BCUT2D eigenvalue weighted by Crippen LogP contribution is 2.26. The summed E-state index contributed by atoms with van der Waals surface area (Å²) in [5, 5.41) is 3.63. The molecule has 0 spiro atoms. The summed E-state index contributed by atoms with van der Waals surface area (Å²) in [6, 6.07) is 13.0. The maximum atomic E-state index is 5.50. The fourth-order valence-corrected chi connectivity index (χ4v) is 2.71. The zero-order chi connectivity index (χ0) is 13.1. The molecule has 3 rings (SSSR count). The van der Waals surface area contributed by atoms with Gasteiger partial charge in [-0.1, -0.05) is 12.1 Å². The molecule has 1 aliphatic rings. The van der Waals surface area contributed by atoms with Gasteiger partial charge in [0.1, 0.15) is 5.75 Å². The molecule has 0 saturated carbocycles. The fraction of sp³-hybridized carbons (Fsp3) is 0.375. The van der Waals surface area contributed by atoms with Crippen LogP contribution in [-0.2, 0) is 6.54 Å². The van der Waals surface area contributed by atoms with E-state index in [9.17, 15) is 0 Å². The highest BCUT2D eigenvalue weighted by Gasteiger charge is 2.19. The predicted octanol–water partition coefficient (Wildman–Crippen LogP) is 2.97. The Morgan fingerprint density at radius 2 is 2.11 bits per heavy atom. The molecule has 1 aliphatic heterocycles. The molecule has 3 nitrogen and oxygen atoms in total. The zero-order valence-corrected chi connectivity index (χ0v) is 11.3. The van der Waals surface area contributed by atoms with Crippen LogP contribution >= 0.6 is 0 Å². The minimum Gasteiger partial charge on any atom is -0.494 e. The first-order valence-corrected chi connectivity index (χ1v) is 6.99. The Bertz CT molecular complexity index is 530. The summed E-state index contributed by atoms with van der Waals surface area (Å²) < 4.78 is 7.85. The monoisotopic (exact) mass is 256 g/mol. The number of hydrogen-bond donors (Lipinski definition) is 1. The predicted molar refractivity (Wildman–Crippen MR) is 76.5 cm³/mol. The van der Waals surface area contributed by atoms with Crippen LogP contribution in [0.4, 0.5) is 0 Å². The molecule has 1 N–H and O–H groups in total. The van der Waals surface area contributed by atoms with Gasteiger partial charge in [0.25, 0.3) is 0 Å². The van der Waals surface area contributed by atoms with Crippen LogP contribution in [-0.4, -0.2) is 17.7 Å². The van der Waals surface area contributed by atoms with E-state index in [2.05, 4.69) is 52.5 Å². The minimum atomic E-state index is 0.285. The Morgan fingerprint density at radius 3 is 2.89 bits per heavy atom. The van der Waals surface area contributed by atoms with Gasteiger partial charge in [0, 0.05) is 18.4 Å².